The Hall–Kier alpha value is -2.80. The largest absolute Gasteiger partial charge is 0.463 e. The monoisotopic (exact) mass is 369 g/mol. The number of aromatic nitrogens is 2. The third kappa shape index (κ3) is 4.89. The van der Waals surface area contributed by atoms with Crippen LogP contribution < -0.4 is 10.6 Å². The lowest BCUT2D eigenvalue weighted by Gasteiger charge is -2.19. The van der Waals surface area contributed by atoms with Crippen LogP contribution in [0.3, 0.4) is 0 Å². The Balaban J connectivity index is 1.58. The third-order valence-corrected chi connectivity index (χ3v) is 4.25. The molecular weight excluding hydrogens is 342 g/mol. The van der Waals surface area contributed by atoms with E-state index in [-0.39, 0.29) is 6.54 Å². The molecule has 3 aromatic heterocycles. The fourth-order valence-corrected chi connectivity index (χ4v) is 2.79. The van der Waals surface area contributed by atoms with Crippen molar-refractivity contribution in [1.29, 1.82) is 0 Å². The Labute approximate surface area is 159 Å². The molecule has 0 saturated carbocycles. The van der Waals surface area contributed by atoms with E-state index in [1.54, 1.807) is 13.0 Å². The van der Waals surface area contributed by atoms with E-state index in [9.17, 15) is 5.11 Å². The van der Waals surface area contributed by atoms with Gasteiger partial charge in [0.15, 0.2) is 5.96 Å². The van der Waals surface area contributed by atoms with E-state index >= 15 is 0 Å². The van der Waals surface area contributed by atoms with Gasteiger partial charge in [-0.2, -0.15) is 0 Å². The van der Waals surface area contributed by atoms with Crippen molar-refractivity contribution >= 4 is 11.6 Å². The SMILES string of the molecule is CCNC(=NCC(C)(O)c1ccc(C)o1)NCCc1cn2ccccc2n1. The Morgan fingerprint density at radius 3 is 2.85 bits per heavy atom. The summed E-state index contributed by atoms with van der Waals surface area (Å²) in [5.74, 6) is 1.95. The van der Waals surface area contributed by atoms with Crippen LogP contribution in [0.4, 0.5) is 0 Å². The Morgan fingerprint density at radius 1 is 1.30 bits per heavy atom. The molecule has 3 heterocycles. The Kier molecular flexibility index (Phi) is 5.81. The minimum Gasteiger partial charge on any atom is -0.463 e. The maximum absolute atomic E-state index is 10.6. The Morgan fingerprint density at radius 2 is 2.15 bits per heavy atom. The van der Waals surface area contributed by atoms with E-state index in [0.29, 0.717) is 18.3 Å². The summed E-state index contributed by atoms with van der Waals surface area (Å²) < 4.78 is 7.55. The van der Waals surface area contributed by atoms with Gasteiger partial charge in [0.2, 0.25) is 0 Å². The molecule has 0 aliphatic rings. The van der Waals surface area contributed by atoms with Crippen molar-refractivity contribution in [3.63, 3.8) is 0 Å². The highest BCUT2D eigenvalue weighted by Crippen LogP contribution is 2.23. The first-order chi connectivity index (χ1) is 13.0. The topological polar surface area (TPSA) is 87.1 Å². The normalized spacial score (nSPS) is 14.3. The van der Waals surface area contributed by atoms with Gasteiger partial charge in [-0.25, -0.2) is 9.98 Å². The Bertz CT molecular complexity index is 877. The smallest absolute Gasteiger partial charge is 0.191 e. The van der Waals surface area contributed by atoms with Gasteiger partial charge in [-0.1, -0.05) is 6.07 Å². The summed E-state index contributed by atoms with van der Waals surface area (Å²) in [5.41, 5.74) is 0.804. The zero-order valence-electron chi connectivity index (χ0n) is 16.1. The molecule has 27 heavy (non-hydrogen) atoms. The molecule has 7 nitrogen and oxygen atoms in total. The number of furan rings is 1. The number of guanidine groups is 1. The standard InChI is InChI=1S/C20H27N5O2/c1-4-21-19(23-14-20(3,26)17-9-8-15(2)27-17)22-11-10-16-13-25-12-6-5-7-18(25)24-16/h5-9,12-13,26H,4,10-11,14H2,1-3H3,(H2,21,22,23). The molecule has 0 amide bonds. The molecule has 0 fully saturated rings. The molecule has 0 radical (unpaired) electrons. The van der Waals surface area contributed by atoms with Gasteiger partial charge < -0.3 is 24.6 Å². The molecule has 144 valence electrons. The quantitative estimate of drug-likeness (QED) is 0.439. The number of nitrogens with one attached hydrogen (secondary N) is 2. The summed E-state index contributed by atoms with van der Waals surface area (Å²) >= 11 is 0. The first-order valence-corrected chi connectivity index (χ1v) is 9.22. The average molecular weight is 369 g/mol. The van der Waals surface area contributed by atoms with Crippen molar-refractivity contribution in [2.24, 2.45) is 4.99 Å². The lowest BCUT2D eigenvalue weighted by atomic mass is 10.0. The molecule has 0 spiro atoms. The molecule has 1 atom stereocenters. The maximum Gasteiger partial charge on any atom is 0.191 e. The van der Waals surface area contributed by atoms with Crippen LogP contribution in [0, 0.1) is 6.92 Å². The number of nitrogens with zero attached hydrogens (tertiary/aromatic N) is 3. The van der Waals surface area contributed by atoms with Gasteiger partial charge in [0.1, 0.15) is 22.8 Å². The molecule has 0 saturated heterocycles. The number of rotatable bonds is 7. The van der Waals surface area contributed by atoms with Gasteiger partial charge >= 0.3 is 0 Å². The highest BCUT2D eigenvalue weighted by molar-refractivity contribution is 5.79. The van der Waals surface area contributed by atoms with E-state index in [0.717, 1.165) is 30.1 Å². The highest BCUT2D eigenvalue weighted by atomic mass is 16.4. The average Bonchev–Trinajstić information content (AvgIpc) is 3.26. The van der Waals surface area contributed by atoms with Crippen LogP contribution in [0.1, 0.15) is 31.1 Å². The number of aryl methyl sites for hydroxylation is 1. The molecule has 0 aliphatic carbocycles. The van der Waals surface area contributed by atoms with Crippen molar-refractivity contribution in [2.75, 3.05) is 19.6 Å². The van der Waals surface area contributed by atoms with E-state index in [4.69, 9.17) is 4.42 Å². The van der Waals surface area contributed by atoms with Crippen molar-refractivity contribution in [3.8, 4) is 0 Å². The van der Waals surface area contributed by atoms with E-state index in [1.807, 2.05) is 54.9 Å². The van der Waals surface area contributed by atoms with E-state index < -0.39 is 5.60 Å². The fraction of sp³-hybridized carbons (Fsp3) is 0.400. The van der Waals surface area contributed by atoms with Crippen LogP contribution in [0.5, 0.6) is 0 Å². The molecule has 3 N–H and O–H groups in total. The molecule has 1 unspecified atom stereocenters. The van der Waals surface area contributed by atoms with Crippen LogP contribution in [0.15, 0.2) is 52.1 Å². The zero-order chi connectivity index (χ0) is 19.3. The maximum atomic E-state index is 10.6. The van der Waals surface area contributed by atoms with Crippen molar-refractivity contribution < 1.29 is 9.52 Å². The number of imidazole rings is 1. The van der Waals surface area contributed by atoms with Crippen LogP contribution in [-0.2, 0) is 12.0 Å². The second kappa shape index (κ2) is 8.26. The van der Waals surface area contributed by atoms with Gasteiger partial charge in [-0.15, -0.1) is 0 Å². The van der Waals surface area contributed by atoms with Gasteiger partial charge in [-0.05, 0) is 45.0 Å². The van der Waals surface area contributed by atoms with Crippen molar-refractivity contribution in [1.82, 2.24) is 20.0 Å². The van der Waals surface area contributed by atoms with E-state index in [2.05, 4.69) is 20.6 Å². The first kappa shape index (κ1) is 19.0. The van der Waals surface area contributed by atoms with Crippen LogP contribution in [0.25, 0.3) is 5.65 Å². The summed E-state index contributed by atoms with van der Waals surface area (Å²) in [6.45, 7) is 7.19. The zero-order valence-corrected chi connectivity index (χ0v) is 16.1. The number of hydrogen-bond acceptors (Lipinski definition) is 4. The molecule has 0 aliphatic heterocycles. The van der Waals surface area contributed by atoms with Gasteiger partial charge in [-0.3, -0.25) is 0 Å². The molecule has 0 bridgehead atoms. The number of aliphatic imine (C=N–C) groups is 1. The van der Waals surface area contributed by atoms with Crippen molar-refractivity contribution in [2.45, 2.75) is 32.8 Å². The summed E-state index contributed by atoms with van der Waals surface area (Å²) in [7, 11) is 0. The second-order valence-electron chi connectivity index (χ2n) is 6.75. The summed E-state index contributed by atoms with van der Waals surface area (Å²) in [5, 5.41) is 17.1. The number of pyridine rings is 1. The lowest BCUT2D eigenvalue weighted by molar-refractivity contribution is 0.0428. The molecule has 3 rings (SSSR count). The predicted octanol–water partition coefficient (Wildman–Crippen LogP) is 2.24. The van der Waals surface area contributed by atoms with Crippen molar-refractivity contribution in [3.05, 3.63) is 59.9 Å². The van der Waals surface area contributed by atoms with Crippen LogP contribution in [-0.4, -0.2) is 40.1 Å². The number of fused-ring (bicyclic) bond motifs is 1. The lowest BCUT2D eigenvalue weighted by Crippen LogP contribution is -2.39. The van der Waals surface area contributed by atoms with Crippen LogP contribution >= 0.6 is 0 Å². The number of aliphatic hydroxyl groups is 1. The molecule has 0 aromatic carbocycles. The molecular formula is C20H27N5O2. The van der Waals surface area contributed by atoms with Crippen LogP contribution in [0.2, 0.25) is 0 Å². The minimum absolute atomic E-state index is 0.198. The minimum atomic E-state index is -1.15. The summed E-state index contributed by atoms with van der Waals surface area (Å²) in [6, 6.07) is 9.58. The molecule has 3 aromatic rings. The molecule has 7 heteroatoms. The predicted molar refractivity (Wildman–Crippen MR) is 106 cm³/mol. The van der Waals surface area contributed by atoms with Gasteiger partial charge in [0, 0.05) is 31.9 Å². The highest BCUT2D eigenvalue weighted by Gasteiger charge is 2.26. The fourth-order valence-electron chi connectivity index (χ4n) is 2.79. The van der Waals surface area contributed by atoms with Gasteiger partial charge in [0.25, 0.3) is 0 Å². The third-order valence-electron chi connectivity index (χ3n) is 4.25. The second-order valence-corrected chi connectivity index (χ2v) is 6.75. The summed E-state index contributed by atoms with van der Waals surface area (Å²) in [6.07, 6.45) is 4.80. The number of hydrogen-bond donors (Lipinski definition) is 3. The van der Waals surface area contributed by atoms with Gasteiger partial charge in [0.05, 0.1) is 12.2 Å². The van der Waals surface area contributed by atoms with E-state index in [1.165, 1.54) is 0 Å². The first-order valence-electron chi connectivity index (χ1n) is 9.22. The summed E-state index contributed by atoms with van der Waals surface area (Å²) in [4.78, 5) is 9.10.